The van der Waals surface area contributed by atoms with E-state index in [-0.39, 0.29) is 0 Å². The third kappa shape index (κ3) is 3.20. The Kier molecular flexibility index (Phi) is 3.64. The summed E-state index contributed by atoms with van der Waals surface area (Å²) < 4.78 is 0. The Morgan fingerprint density at radius 1 is 1.12 bits per heavy atom. The fourth-order valence-electron chi connectivity index (χ4n) is 2.04. The summed E-state index contributed by atoms with van der Waals surface area (Å²) in [7, 11) is 2.16. The largest absolute Gasteiger partial charge is 0.369 e. The Labute approximate surface area is 103 Å². The Hall–Kier alpha value is -1.55. The van der Waals surface area contributed by atoms with E-state index in [0.29, 0.717) is 5.84 Å². The predicted molar refractivity (Wildman–Crippen MR) is 73.2 cm³/mol. The molecule has 0 bridgehead atoms. The van der Waals surface area contributed by atoms with Crippen LogP contribution in [0.5, 0.6) is 0 Å². The van der Waals surface area contributed by atoms with Gasteiger partial charge in [0.2, 0.25) is 0 Å². The van der Waals surface area contributed by atoms with Crippen molar-refractivity contribution in [2.24, 2.45) is 0 Å². The fraction of sp³-hybridized carbons (Fsp3) is 0.462. The molecule has 1 aromatic rings. The molecule has 0 radical (unpaired) electrons. The smallest absolute Gasteiger partial charge is 0.0944 e. The molecule has 1 heterocycles. The normalized spacial score (nSPS) is 16.9. The molecule has 4 nitrogen and oxygen atoms in total. The number of rotatable bonds is 2. The Bertz CT molecular complexity index is 377. The van der Waals surface area contributed by atoms with Crippen molar-refractivity contribution in [3.8, 4) is 0 Å². The maximum Gasteiger partial charge on any atom is 0.0944 e. The average Bonchev–Trinajstić information content (AvgIpc) is 2.30. The van der Waals surface area contributed by atoms with Gasteiger partial charge in [0.1, 0.15) is 0 Å². The minimum atomic E-state index is 0.470. The van der Waals surface area contributed by atoms with E-state index in [9.17, 15) is 0 Å². The van der Waals surface area contributed by atoms with Crippen molar-refractivity contribution in [1.82, 2.24) is 4.90 Å². The first-order valence-electron chi connectivity index (χ1n) is 6.01. The van der Waals surface area contributed by atoms with E-state index >= 15 is 0 Å². The highest BCUT2D eigenvalue weighted by atomic mass is 15.2. The van der Waals surface area contributed by atoms with Gasteiger partial charge in [-0.1, -0.05) is 0 Å². The van der Waals surface area contributed by atoms with Crippen molar-refractivity contribution >= 4 is 17.2 Å². The van der Waals surface area contributed by atoms with Gasteiger partial charge in [-0.05, 0) is 38.2 Å². The number of anilines is 2. The molecule has 0 saturated carbocycles. The molecule has 0 aromatic heterocycles. The number of likely N-dealkylation sites (N-methyl/N-ethyl adjacent to an activating group) is 1. The van der Waals surface area contributed by atoms with E-state index in [1.807, 2.05) is 12.1 Å². The van der Waals surface area contributed by atoms with Gasteiger partial charge in [0.15, 0.2) is 0 Å². The molecule has 1 fully saturated rings. The van der Waals surface area contributed by atoms with Crippen LogP contribution in [-0.4, -0.2) is 44.0 Å². The zero-order valence-electron chi connectivity index (χ0n) is 10.5. The van der Waals surface area contributed by atoms with Crippen LogP contribution < -0.4 is 10.2 Å². The van der Waals surface area contributed by atoms with Crippen molar-refractivity contribution in [3.63, 3.8) is 0 Å². The molecule has 0 amide bonds. The first-order chi connectivity index (χ1) is 8.15. The number of amidine groups is 1. The summed E-state index contributed by atoms with van der Waals surface area (Å²) >= 11 is 0. The maximum atomic E-state index is 7.38. The van der Waals surface area contributed by atoms with Crippen LogP contribution in [0.3, 0.4) is 0 Å². The van der Waals surface area contributed by atoms with Crippen LogP contribution in [0, 0.1) is 5.41 Å². The summed E-state index contributed by atoms with van der Waals surface area (Å²) in [5, 5.41) is 10.4. The molecule has 1 aliphatic rings. The average molecular weight is 232 g/mol. The van der Waals surface area contributed by atoms with Gasteiger partial charge in [0, 0.05) is 37.6 Å². The summed E-state index contributed by atoms with van der Waals surface area (Å²) in [6.45, 7) is 6.17. The van der Waals surface area contributed by atoms with Crippen LogP contribution in [-0.2, 0) is 0 Å². The molecule has 92 valence electrons. The first kappa shape index (κ1) is 11.9. The number of hydrogen-bond acceptors (Lipinski definition) is 3. The van der Waals surface area contributed by atoms with Crippen molar-refractivity contribution in [3.05, 3.63) is 24.3 Å². The lowest BCUT2D eigenvalue weighted by molar-refractivity contribution is 0.313. The topological polar surface area (TPSA) is 42.4 Å². The van der Waals surface area contributed by atoms with Crippen LogP contribution in [0.25, 0.3) is 0 Å². The molecule has 2 N–H and O–H groups in total. The van der Waals surface area contributed by atoms with Crippen LogP contribution in [0.15, 0.2) is 24.3 Å². The highest BCUT2D eigenvalue weighted by molar-refractivity contribution is 5.91. The second-order valence-corrected chi connectivity index (χ2v) is 4.59. The summed E-state index contributed by atoms with van der Waals surface area (Å²) in [5.41, 5.74) is 2.25. The highest BCUT2D eigenvalue weighted by Gasteiger charge is 2.13. The number of piperazine rings is 1. The SMILES string of the molecule is CC(=N)Nc1ccc(N2CCN(C)CC2)cc1. The van der Waals surface area contributed by atoms with Gasteiger partial charge in [0.25, 0.3) is 0 Å². The lowest BCUT2D eigenvalue weighted by Crippen LogP contribution is -2.44. The van der Waals surface area contributed by atoms with Gasteiger partial charge < -0.3 is 15.1 Å². The number of benzene rings is 1. The minimum Gasteiger partial charge on any atom is -0.369 e. The Morgan fingerprint density at radius 3 is 2.24 bits per heavy atom. The van der Waals surface area contributed by atoms with Gasteiger partial charge in [-0.2, -0.15) is 0 Å². The zero-order chi connectivity index (χ0) is 12.3. The second kappa shape index (κ2) is 5.19. The molecule has 4 heteroatoms. The molecular weight excluding hydrogens is 212 g/mol. The summed E-state index contributed by atoms with van der Waals surface area (Å²) in [5.74, 6) is 0.470. The van der Waals surface area contributed by atoms with Gasteiger partial charge in [-0.25, -0.2) is 0 Å². The maximum absolute atomic E-state index is 7.38. The third-order valence-electron chi connectivity index (χ3n) is 3.07. The van der Waals surface area contributed by atoms with Gasteiger partial charge in [-0.3, -0.25) is 5.41 Å². The van der Waals surface area contributed by atoms with E-state index in [0.717, 1.165) is 31.9 Å². The molecule has 0 unspecified atom stereocenters. The van der Waals surface area contributed by atoms with E-state index in [2.05, 4.69) is 34.3 Å². The molecule has 1 aromatic carbocycles. The highest BCUT2D eigenvalue weighted by Crippen LogP contribution is 2.19. The lowest BCUT2D eigenvalue weighted by atomic mass is 10.2. The van der Waals surface area contributed by atoms with Crippen molar-refractivity contribution in [2.75, 3.05) is 43.4 Å². The van der Waals surface area contributed by atoms with Crippen LogP contribution >= 0.6 is 0 Å². The minimum absolute atomic E-state index is 0.470. The van der Waals surface area contributed by atoms with E-state index in [1.54, 1.807) is 6.92 Å². The molecule has 0 atom stereocenters. The second-order valence-electron chi connectivity index (χ2n) is 4.59. The first-order valence-corrected chi connectivity index (χ1v) is 6.01. The monoisotopic (exact) mass is 232 g/mol. The number of hydrogen-bond donors (Lipinski definition) is 2. The molecule has 2 rings (SSSR count). The fourth-order valence-corrected chi connectivity index (χ4v) is 2.04. The van der Waals surface area contributed by atoms with Crippen molar-refractivity contribution in [1.29, 1.82) is 5.41 Å². The molecule has 0 spiro atoms. The van der Waals surface area contributed by atoms with Crippen molar-refractivity contribution in [2.45, 2.75) is 6.92 Å². The molecule has 0 aliphatic carbocycles. The zero-order valence-corrected chi connectivity index (χ0v) is 10.5. The van der Waals surface area contributed by atoms with E-state index < -0.39 is 0 Å². The van der Waals surface area contributed by atoms with Crippen LogP contribution in [0.2, 0.25) is 0 Å². The Balaban J connectivity index is 2.00. The number of nitrogens with one attached hydrogen (secondary N) is 2. The summed E-state index contributed by atoms with van der Waals surface area (Å²) in [4.78, 5) is 4.76. The standard InChI is InChI=1S/C13H20N4/c1-11(14)15-12-3-5-13(6-4-12)17-9-7-16(2)8-10-17/h3-6H,7-10H2,1-2H3,(H2,14,15). The van der Waals surface area contributed by atoms with Gasteiger partial charge >= 0.3 is 0 Å². The quantitative estimate of drug-likeness (QED) is 0.604. The summed E-state index contributed by atoms with van der Waals surface area (Å²) in [6.07, 6.45) is 0. The van der Waals surface area contributed by atoms with Gasteiger partial charge in [0.05, 0.1) is 5.84 Å². The molecule has 17 heavy (non-hydrogen) atoms. The molecule has 1 saturated heterocycles. The van der Waals surface area contributed by atoms with E-state index in [1.165, 1.54) is 5.69 Å². The van der Waals surface area contributed by atoms with Crippen molar-refractivity contribution < 1.29 is 0 Å². The Morgan fingerprint density at radius 2 is 1.71 bits per heavy atom. The van der Waals surface area contributed by atoms with Crippen LogP contribution in [0.1, 0.15) is 6.92 Å². The molecule has 1 aliphatic heterocycles. The van der Waals surface area contributed by atoms with E-state index in [4.69, 9.17) is 5.41 Å². The lowest BCUT2D eigenvalue weighted by Gasteiger charge is -2.34. The van der Waals surface area contributed by atoms with Crippen LogP contribution in [0.4, 0.5) is 11.4 Å². The third-order valence-corrected chi connectivity index (χ3v) is 3.07. The molecular formula is C13H20N4. The predicted octanol–water partition coefficient (Wildman–Crippen LogP) is 1.85. The number of nitrogens with zero attached hydrogens (tertiary/aromatic N) is 2. The summed E-state index contributed by atoms with van der Waals surface area (Å²) in [6, 6.07) is 8.31. The van der Waals surface area contributed by atoms with Gasteiger partial charge in [-0.15, -0.1) is 0 Å².